The van der Waals surface area contributed by atoms with E-state index in [9.17, 15) is 13.2 Å². The van der Waals surface area contributed by atoms with Crippen molar-refractivity contribution in [3.8, 4) is 0 Å². The molecule has 0 N–H and O–H groups in total. The van der Waals surface area contributed by atoms with Crippen molar-refractivity contribution < 1.29 is 13.2 Å². The van der Waals surface area contributed by atoms with E-state index in [1.54, 1.807) is 19.1 Å². The molecule has 23 heavy (non-hydrogen) atoms. The summed E-state index contributed by atoms with van der Waals surface area (Å²) in [7, 11) is -3.46. The second-order valence-corrected chi connectivity index (χ2v) is 8.17. The van der Waals surface area contributed by atoms with Gasteiger partial charge in [0.05, 0.1) is 10.6 Å². The first-order valence-corrected chi connectivity index (χ1v) is 9.39. The van der Waals surface area contributed by atoms with Gasteiger partial charge in [0.25, 0.3) is 10.0 Å². The number of anilines is 1. The van der Waals surface area contributed by atoms with E-state index < -0.39 is 10.0 Å². The van der Waals surface area contributed by atoms with Gasteiger partial charge in [0, 0.05) is 18.4 Å². The van der Waals surface area contributed by atoms with Gasteiger partial charge in [0.15, 0.2) is 0 Å². The molecular formula is C18H21NO3S. The van der Waals surface area contributed by atoms with Crippen LogP contribution < -0.4 is 4.31 Å². The third-order valence-electron chi connectivity index (χ3n) is 4.50. The van der Waals surface area contributed by atoms with Gasteiger partial charge in [-0.05, 0) is 43.2 Å². The summed E-state index contributed by atoms with van der Waals surface area (Å²) in [6, 6.07) is 11.1. The summed E-state index contributed by atoms with van der Waals surface area (Å²) in [4.78, 5) is 11.5. The van der Waals surface area contributed by atoms with Crippen molar-refractivity contribution in [1.29, 1.82) is 0 Å². The molecule has 5 heteroatoms. The average molecular weight is 331 g/mol. The maximum absolute atomic E-state index is 12.8. The summed E-state index contributed by atoms with van der Waals surface area (Å²) in [6.07, 6.45) is 2.11. The van der Waals surface area contributed by atoms with Crippen LogP contribution >= 0.6 is 0 Å². The first-order chi connectivity index (χ1) is 10.9. The van der Waals surface area contributed by atoms with Crippen LogP contribution in [0.4, 0.5) is 5.69 Å². The maximum Gasteiger partial charge on any atom is 0.265 e. The molecule has 2 aromatic carbocycles. The minimum atomic E-state index is -3.46. The van der Waals surface area contributed by atoms with Crippen molar-refractivity contribution in [2.45, 2.75) is 38.0 Å². The Balaban J connectivity index is 1.85. The summed E-state index contributed by atoms with van der Waals surface area (Å²) in [5.74, 6) is 0.500. The molecule has 0 radical (unpaired) electrons. The zero-order valence-corrected chi connectivity index (χ0v) is 14.3. The maximum atomic E-state index is 12.8. The smallest absolute Gasteiger partial charge is 0.265 e. The molecule has 3 rings (SSSR count). The van der Waals surface area contributed by atoms with Crippen LogP contribution in [0.3, 0.4) is 0 Å². The van der Waals surface area contributed by atoms with Crippen molar-refractivity contribution in [2.75, 3.05) is 10.8 Å². The van der Waals surface area contributed by atoms with Crippen LogP contribution in [-0.4, -0.2) is 20.7 Å². The SMILES string of the molecule is CC(=O)CCC(C)CCN1c2cccc3cccc(c23)S1(=O)=O. The van der Waals surface area contributed by atoms with Gasteiger partial charge < -0.3 is 4.79 Å². The van der Waals surface area contributed by atoms with E-state index in [2.05, 4.69) is 6.92 Å². The normalized spacial score (nSPS) is 16.7. The molecule has 2 aromatic rings. The van der Waals surface area contributed by atoms with Gasteiger partial charge in [-0.2, -0.15) is 0 Å². The molecule has 122 valence electrons. The highest BCUT2D eigenvalue weighted by molar-refractivity contribution is 7.93. The van der Waals surface area contributed by atoms with E-state index >= 15 is 0 Å². The van der Waals surface area contributed by atoms with Gasteiger partial charge >= 0.3 is 0 Å². The summed E-state index contributed by atoms with van der Waals surface area (Å²) in [5.41, 5.74) is 0.775. The lowest BCUT2D eigenvalue weighted by Gasteiger charge is -2.21. The summed E-state index contributed by atoms with van der Waals surface area (Å²) in [6.45, 7) is 4.11. The van der Waals surface area contributed by atoms with Crippen molar-refractivity contribution in [2.24, 2.45) is 5.92 Å². The fourth-order valence-electron chi connectivity index (χ4n) is 3.13. The lowest BCUT2D eigenvalue weighted by Crippen LogP contribution is -2.29. The molecule has 0 saturated heterocycles. The Morgan fingerprint density at radius 2 is 1.83 bits per heavy atom. The molecule has 0 saturated carbocycles. The van der Waals surface area contributed by atoms with E-state index in [-0.39, 0.29) is 5.78 Å². The molecule has 0 amide bonds. The summed E-state index contributed by atoms with van der Waals surface area (Å²) >= 11 is 0. The molecule has 4 nitrogen and oxygen atoms in total. The second kappa shape index (κ2) is 5.96. The topological polar surface area (TPSA) is 54.5 Å². The minimum Gasteiger partial charge on any atom is -0.300 e. The molecule has 0 fully saturated rings. The monoisotopic (exact) mass is 331 g/mol. The number of carbonyl (C=O) groups is 1. The standard InChI is InChI=1S/C18H21NO3S/c1-13(9-10-14(2)20)11-12-19-16-7-3-5-15-6-4-8-17(18(15)16)23(19,21)22/h3-8,13H,9-12H2,1-2H3. The highest BCUT2D eigenvalue weighted by Crippen LogP contribution is 2.42. The number of rotatable bonds is 6. The van der Waals surface area contributed by atoms with E-state index in [1.165, 1.54) is 4.31 Å². The Morgan fingerprint density at radius 1 is 1.13 bits per heavy atom. The van der Waals surface area contributed by atoms with Gasteiger partial charge in [-0.25, -0.2) is 8.42 Å². The van der Waals surface area contributed by atoms with Gasteiger partial charge in [0.2, 0.25) is 0 Å². The highest BCUT2D eigenvalue weighted by atomic mass is 32.2. The number of nitrogens with zero attached hydrogens (tertiary/aromatic N) is 1. The van der Waals surface area contributed by atoms with Gasteiger partial charge in [-0.3, -0.25) is 4.31 Å². The van der Waals surface area contributed by atoms with Crippen molar-refractivity contribution >= 4 is 32.3 Å². The number of sulfonamides is 1. The summed E-state index contributed by atoms with van der Waals surface area (Å²) in [5, 5.41) is 1.78. The van der Waals surface area contributed by atoms with Gasteiger partial charge in [-0.15, -0.1) is 0 Å². The predicted molar refractivity (Wildman–Crippen MR) is 92.2 cm³/mol. The molecule has 0 spiro atoms. The van der Waals surface area contributed by atoms with Crippen LogP contribution in [0.5, 0.6) is 0 Å². The minimum absolute atomic E-state index is 0.183. The van der Waals surface area contributed by atoms with E-state index in [4.69, 9.17) is 0 Å². The van der Waals surface area contributed by atoms with Crippen molar-refractivity contribution in [1.82, 2.24) is 0 Å². The zero-order valence-electron chi connectivity index (χ0n) is 13.5. The van der Waals surface area contributed by atoms with E-state index in [0.29, 0.717) is 23.8 Å². The lowest BCUT2D eigenvalue weighted by atomic mass is 10.0. The predicted octanol–water partition coefficient (Wildman–Crippen LogP) is 3.74. The van der Waals surface area contributed by atoms with Crippen LogP contribution in [-0.2, 0) is 14.8 Å². The molecule has 0 aliphatic carbocycles. The molecule has 1 heterocycles. The molecule has 0 bridgehead atoms. The third-order valence-corrected chi connectivity index (χ3v) is 6.35. The largest absolute Gasteiger partial charge is 0.300 e. The number of carbonyl (C=O) groups excluding carboxylic acids is 1. The quantitative estimate of drug-likeness (QED) is 0.810. The Labute approximate surface area is 137 Å². The van der Waals surface area contributed by atoms with Crippen LogP contribution in [0.25, 0.3) is 10.8 Å². The number of Topliss-reactive ketones (excluding diaryl/α,β-unsaturated/α-hetero) is 1. The van der Waals surface area contributed by atoms with E-state index in [0.717, 1.165) is 29.3 Å². The Morgan fingerprint density at radius 3 is 2.52 bits per heavy atom. The van der Waals surface area contributed by atoms with Gasteiger partial charge in [0.1, 0.15) is 5.78 Å². The molecule has 1 unspecified atom stereocenters. The Bertz CT molecular complexity index is 852. The van der Waals surface area contributed by atoms with Crippen molar-refractivity contribution in [3.05, 3.63) is 36.4 Å². The third kappa shape index (κ3) is 2.85. The molecular weight excluding hydrogens is 310 g/mol. The van der Waals surface area contributed by atoms with Crippen LogP contribution in [0.1, 0.15) is 33.1 Å². The number of benzene rings is 2. The lowest BCUT2D eigenvalue weighted by molar-refractivity contribution is -0.117. The van der Waals surface area contributed by atoms with Crippen LogP contribution in [0.2, 0.25) is 0 Å². The molecule has 1 atom stereocenters. The first kappa shape index (κ1) is 16.0. The summed E-state index contributed by atoms with van der Waals surface area (Å²) < 4.78 is 27.2. The molecule has 0 aromatic heterocycles. The second-order valence-electron chi connectivity index (χ2n) is 6.34. The Hall–Kier alpha value is -1.88. The first-order valence-electron chi connectivity index (χ1n) is 7.95. The van der Waals surface area contributed by atoms with Crippen molar-refractivity contribution in [3.63, 3.8) is 0 Å². The van der Waals surface area contributed by atoms with E-state index in [1.807, 2.05) is 24.3 Å². The average Bonchev–Trinajstić information content (AvgIpc) is 2.73. The zero-order chi connectivity index (χ0) is 16.6. The molecule has 1 aliphatic heterocycles. The molecule has 1 aliphatic rings. The number of ketones is 1. The fraction of sp³-hybridized carbons (Fsp3) is 0.389. The number of hydrogen-bond acceptors (Lipinski definition) is 3. The fourth-order valence-corrected chi connectivity index (χ4v) is 4.86. The highest BCUT2D eigenvalue weighted by Gasteiger charge is 2.35. The number of hydrogen-bond donors (Lipinski definition) is 0. The van der Waals surface area contributed by atoms with Crippen LogP contribution in [0.15, 0.2) is 41.3 Å². The Kier molecular flexibility index (Phi) is 4.15. The van der Waals surface area contributed by atoms with Crippen LogP contribution in [0, 0.1) is 5.92 Å². The van der Waals surface area contributed by atoms with Gasteiger partial charge in [-0.1, -0.05) is 31.2 Å².